The molecule has 1 amide bonds. The number of carbonyl (C=O) groups is 1. The fraction of sp³-hybridized carbons (Fsp3) is 0.500. The zero-order valence-corrected chi connectivity index (χ0v) is 17.8. The lowest BCUT2D eigenvalue weighted by atomic mass is 10.2. The molecule has 0 radical (unpaired) electrons. The summed E-state index contributed by atoms with van der Waals surface area (Å²) >= 11 is 0. The number of rotatable bonds is 14. The Balaban J connectivity index is 1.94. The summed E-state index contributed by atoms with van der Waals surface area (Å²) in [7, 11) is 0. The molecule has 0 bridgehead atoms. The highest BCUT2D eigenvalue weighted by Crippen LogP contribution is 2.10. The van der Waals surface area contributed by atoms with E-state index < -0.39 is 0 Å². The van der Waals surface area contributed by atoms with Gasteiger partial charge in [-0.3, -0.25) is 4.79 Å². The first-order chi connectivity index (χ1) is 13.8. The monoisotopic (exact) mass is 381 g/mol. The quantitative estimate of drug-likeness (QED) is 0.294. The van der Waals surface area contributed by atoms with Crippen molar-refractivity contribution >= 4 is 5.91 Å². The van der Waals surface area contributed by atoms with Crippen LogP contribution in [0.1, 0.15) is 71.1 Å². The van der Waals surface area contributed by atoms with E-state index in [0.717, 1.165) is 58.0 Å². The lowest BCUT2D eigenvalue weighted by molar-refractivity contribution is -0.130. The molecule has 28 heavy (non-hydrogen) atoms. The third kappa shape index (κ3) is 14.0. The Labute approximate surface area is 173 Å². The average molecular weight is 382 g/mol. The Bertz CT molecular complexity index is 557. The van der Waals surface area contributed by atoms with Gasteiger partial charge in [0, 0.05) is 19.5 Å². The van der Waals surface area contributed by atoms with Crippen LogP contribution in [0.25, 0.3) is 0 Å². The highest BCUT2D eigenvalue weighted by Gasteiger charge is 2.16. The molecule has 0 aromatic heterocycles. The van der Waals surface area contributed by atoms with Crippen LogP contribution in [0.5, 0.6) is 0 Å². The largest absolute Gasteiger partial charge is 0.343 e. The Hall–Kier alpha value is -2.09. The number of allylic oxidation sites excluding steroid dienone is 12. The molecule has 1 saturated heterocycles. The number of carbonyl (C=O) groups excluding carboxylic acids is 1. The molecular weight excluding hydrogens is 342 g/mol. The number of hydrogen-bond donors (Lipinski definition) is 0. The van der Waals surface area contributed by atoms with Gasteiger partial charge in [0.25, 0.3) is 0 Å². The minimum Gasteiger partial charge on any atom is -0.343 e. The third-order valence-electron chi connectivity index (χ3n) is 4.58. The molecule has 1 aliphatic heterocycles. The van der Waals surface area contributed by atoms with Crippen LogP contribution < -0.4 is 0 Å². The number of nitrogens with zero attached hydrogens (tertiary/aromatic N) is 1. The second-order valence-electron chi connectivity index (χ2n) is 7.04. The minimum absolute atomic E-state index is 0.317. The van der Waals surface area contributed by atoms with Crippen LogP contribution in [0.3, 0.4) is 0 Å². The number of hydrogen-bond acceptors (Lipinski definition) is 1. The van der Waals surface area contributed by atoms with Gasteiger partial charge in [0.15, 0.2) is 0 Å². The Kier molecular flexibility index (Phi) is 15.6. The van der Waals surface area contributed by atoms with E-state index in [1.54, 1.807) is 0 Å². The molecule has 0 N–H and O–H groups in total. The summed E-state index contributed by atoms with van der Waals surface area (Å²) in [6.45, 7) is 4.08. The van der Waals surface area contributed by atoms with Crippen molar-refractivity contribution < 1.29 is 4.79 Å². The molecule has 0 spiro atoms. The van der Waals surface area contributed by atoms with Gasteiger partial charge in [0.2, 0.25) is 5.91 Å². The standard InChI is InChI=1S/C26H39NO/c1-2-3-4-5-6-7-8-9-10-11-12-13-14-15-16-17-18-19-20-23-26(28)27-24-21-22-25-27/h3-4,6-7,9-10,12-13,15-16,18-19H,2,5,8,11,14,17,20-25H2,1H3/b4-3-,7-6-,10-9-,13-12-,16-15-,19-18-. The summed E-state index contributed by atoms with van der Waals surface area (Å²) in [6, 6.07) is 0. The van der Waals surface area contributed by atoms with Crippen LogP contribution in [-0.2, 0) is 4.79 Å². The van der Waals surface area contributed by atoms with E-state index in [4.69, 9.17) is 0 Å². The molecule has 0 unspecified atom stereocenters. The fourth-order valence-corrected chi connectivity index (χ4v) is 2.97. The first-order valence-corrected chi connectivity index (χ1v) is 11.0. The molecule has 2 nitrogen and oxygen atoms in total. The molecule has 1 rings (SSSR count). The fourth-order valence-electron chi connectivity index (χ4n) is 2.97. The van der Waals surface area contributed by atoms with E-state index >= 15 is 0 Å². The van der Waals surface area contributed by atoms with Crippen molar-refractivity contribution in [1.82, 2.24) is 4.90 Å². The average Bonchev–Trinajstić information content (AvgIpc) is 3.24. The maximum Gasteiger partial charge on any atom is 0.222 e. The smallest absolute Gasteiger partial charge is 0.222 e. The van der Waals surface area contributed by atoms with Crippen molar-refractivity contribution in [2.75, 3.05) is 13.1 Å². The van der Waals surface area contributed by atoms with Gasteiger partial charge in [-0.1, -0.05) is 79.8 Å². The van der Waals surface area contributed by atoms with E-state index in [9.17, 15) is 4.79 Å². The van der Waals surface area contributed by atoms with Crippen molar-refractivity contribution in [3.63, 3.8) is 0 Å². The van der Waals surface area contributed by atoms with Crippen LogP contribution in [0.2, 0.25) is 0 Å². The van der Waals surface area contributed by atoms with E-state index in [-0.39, 0.29) is 0 Å². The van der Waals surface area contributed by atoms with Crippen molar-refractivity contribution in [1.29, 1.82) is 0 Å². The molecule has 0 aromatic carbocycles. The molecule has 0 aliphatic carbocycles. The Morgan fingerprint density at radius 1 is 0.643 bits per heavy atom. The van der Waals surface area contributed by atoms with Crippen LogP contribution in [0.4, 0.5) is 0 Å². The van der Waals surface area contributed by atoms with Crippen molar-refractivity contribution in [3.8, 4) is 0 Å². The van der Waals surface area contributed by atoms with Gasteiger partial charge in [0.1, 0.15) is 0 Å². The molecule has 154 valence electrons. The Morgan fingerprint density at radius 2 is 1.04 bits per heavy atom. The molecule has 0 aromatic rings. The predicted molar refractivity (Wildman–Crippen MR) is 123 cm³/mol. The van der Waals surface area contributed by atoms with E-state index in [1.165, 1.54) is 12.8 Å². The number of amides is 1. The zero-order chi connectivity index (χ0) is 20.1. The van der Waals surface area contributed by atoms with Crippen LogP contribution in [-0.4, -0.2) is 23.9 Å². The maximum atomic E-state index is 11.9. The third-order valence-corrected chi connectivity index (χ3v) is 4.58. The molecule has 1 heterocycles. The maximum absolute atomic E-state index is 11.9. The predicted octanol–water partition coefficient (Wildman–Crippen LogP) is 7.09. The summed E-state index contributed by atoms with van der Waals surface area (Å²) < 4.78 is 0. The van der Waals surface area contributed by atoms with Crippen LogP contribution in [0.15, 0.2) is 72.9 Å². The van der Waals surface area contributed by atoms with Gasteiger partial charge in [0.05, 0.1) is 0 Å². The summed E-state index contributed by atoms with van der Waals surface area (Å²) in [4.78, 5) is 13.9. The van der Waals surface area contributed by atoms with Crippen molar-refractivity contribution in [2.45, 2.75) is 71.1 Å². The number of likely N-dealkylation sites (tertiary alicyclic amines) is 1. The second kappa shape index (κ2) is 18.3. The van der Waals surface area contributed by atoms with Gasteiger partial charge in [-0.05, 0) is 57.8 Å². The molecular formula is C26H39NO. The molecule has 0 saturated carbocycles. The van der Waals surface area contributed by atoms with Gasteiger partial charge in [-0.2, -0.15) is 0 Å². The van der Waals surface area contributed by atoms with E-state index in [0.29, 0.717) is 12.3 Å². The highest BCUT2D eigenvalue weighted by atomic mass is 16.2. The minimum atomic E-state index is 0.317. The van der Waals surface area contributed by atoms with Crippen molar-refractivity contribution in [2.24, 2.45) is 0 Å². The normalized spacial score (nSPS) is 15.8. The van der Waals surface area contributed by atoms with Gasteiger partial charge in [-0.15, -0.1) is 0 Å². The van der Waals surface area contributed by atoms with Crippen LogP contribution in [0, 0.1) is 0 Å². The summed E-state index contributed by atoms with van der Waals surface area (Å²) in [5.74, 6) is 0.317. The van der Waals surface area contributed by atoms with E-state index in [2.05, 4.69) is 79.8 Å². The summed E-state index contributed by atoms with van der Waals surface area (Å²) in [5, 5.41) is 0. The van der Waals surface area contributed by atoms with Gasteiger partial charge in [-0.25, -0.2) is 0 Å². The highest BCUT2D eigenvalue weighted by molar-refractivity contribution is 5.76. The lowest BCUT2D eigenvalue weighted by Gasteiger charge is -2.13. The first kappa shape index (κ1) is 23.9. The molecule has 1 aliphatic rings. The lowest BCUT2D eigenvalue weighted by Crippen LogP contribution is -2.26. The Morgan fingerprint density at radius 3 is 1.46 bits per heavy atom. The molecule has 0 atom stereocenters. The molecule has 2 heteroatoms. The van der Waals surface area contributed by atoms with Crippen LogP contribution >= 0.6 is 0 Å². The van der Waals surface area contributed by atoms with E-state index in [1.807, 2.05) is 4.90 Å². The van der Waals surface area contributed by atoms with Crippen molar-refractivity contribution in [3.05, 3.63) is 72.9 Å². The van der Waals surface area contributed by atoms with Gasteiger partial charge < -0.3 is 4.90 Å². The zero-order valence-electron chi connectivity index (χ0n) is 17.8. The van der Waals surface area contributed by atoms with Gasteiger partial charge >= 0.3 is 0 Å². The SMILES string of the molecule is CC/C=C\C/C=C\C/C=C\C/C=C\C/C=C\C/C=C\CCC(=O)N1CCCC1. The topological polar surface area (TPSA) is 20.3 Å². The molecule has 1 fully saturated rings. The first-order valence-electron chi connectivity index (χ1n) is 11.0. The second-order valence-corrected chi connectivity index (χ2v) is 7.04. The summed E-state index contributed by atoms with van der Waals surface area (Å²) in [5.41, 5.74) is 0. The summed E-state index contributed by atoms with van der Waals surface area (Å²) in [6.07, 6.45) is 36.4.